The van der Waals surface area contributed by atoms with Crippen molar-refractivity contribution in [1.82, 2.24) is 14.5 Å². The van der Waals surface area contributed by atoms with Crippen LogP contribution in [0.5, 0.6) is 5.75 Å². The SMILES string of the molecule is [2H]C([2H])([2H])c1ccc(-c2ccnc(-c3cc(-c4ccccc4)cc(-c4cccc5c4nc(-c4cc(C(C)C)cc(C(C)C)c4O)n5-c4ccc(C(C([2H])([2H])[2H])(C([2H])([2H])[2H])C([2H])([2H])[2H])cc4-c4ccccc4)c3)c2)cc1. The Labute approximate surface area is 389 Å². The van der Waals surface area contributed by atoms with Gasteiger partial charge in [0.15, 0.2) is 0 Å². The Bertz CT molecular complexity index is 3520. The minimum Gasteiger partial charge on any atom is -0.507 e. The third-order valence-corrected chi connectivity index (χ3v) is 11.8. The second kappa shape index (κ2) is 16.7. The lowest BCUT2D eigenvalue weighted by Gasteiger charge is -2.23. The van der Waals surface area contributed by atoms with Crippen molar-refractivity contribution < 1.29 is 21.6 Å². The molecular weight excluding hydrogens is 767 g/mol. The van der Waals surface area contributed by atoms with Crippen LogP contribution in [0, 0.1) is 6.85 Å². The Kier molecular flexibility index (Phi) is 7.75. The summed E-state index contributed by atoms with van der Waals surface area (Å²) in [6.45, 7) is -4.62. The van der Waals surface area contributed by atoms with Crippen LogP contribution in [0.2, 0.25) is 0 Å². The normalized spacial score (nSPS) is 15.5. The Hall–Kier alpha value is -7.04. The van der Waals surface area contributed by atoms with Gasteiger partial charge in [-0.15, -0.1) is 0 Å². The van der Waals surface area contributed by atoms with Crippen LogP contribution in [-0.2, 0) is 5.41 Å². The number of aromatic hydroxyl groups is 1. The van der Waals surface area contributed by atoms with Gasteiger partial charge in [0.05, 0.1) is 28.0 Å². The number of phenolic OH excluding ortho intramolecular Hbond substituents is 1. The topological polar surface area (TPSA) is 50.9 Å². The molecule has 0 amide bonds. The van der Waals surface area contributed by atoms with Gasteiger partial charge >= 0.3 is 0 Å². The van der Waals surface area contributed by atoms with Crippen LogP contribution in [0.4, 0.5) is 0 Å². The van der Waals surface area contributed by atoms with Gasteiger partial charge in [-0.25, -0.2) is 4.98 Å². The van der Waals surface area contributed by atoms with Gasteiger partial charge in [0.1, 0.15) is 11.6 Å². The molecule has 0 aliphatic heterocycles. The van der Waals surface area contributed by atoms with E-state index < -0.39 is 38.4 Å². The lowest BCUT2D eigenvalue weighted by molar-refractivity contribution is 0.466. The summed E-state index contributed by atoms with van der Waals surface area (Å²) in [5.41, 5.74) is 7.48. The zero-order valence-electron chi connectivity index (χ0n) is 47.6. The molecule has 0 bridgehead atoms. The summed E-state index contributed by atoms with van der Waals surface area (Å²) in [5, 5.41) is 12.4. The molecular formula is C59H55N3O. The fourth-order valence-corrected chi connectivity index (χ4v) is 8.35. The van der Waals surface area contributed by atoms with Gasteiger partial charge < -0.3 is 5.11 Å². The van der Waals surface area contributed by atoms with E-state index in [0.29, 0.717) is 50.5 Å². The molecule has 0 aliphatic carbocycles. The molecule has 4 nitrogen and oxygen atoms in total. The summed E-state index contributed by atoms with van der Waals surface area (Å²) in [4.78, 5) is 10.3. The van der Waals surface area contributed by atoms with E-state index in [1.165, 1.54) is 12.1 Å². The van der Waals surface area contributed by atoms with Crippen molar-refractivity contribution in [3.05, 3.63) is 192 Å². The van der Waals surface area contributed by atoms with Crippen LogP contribution in [0.1, 0.15) is 98.8 Å². The molecule has 9 rings (SSSR count). The third kappa shape index (κ3) is 8.10. The molecule has 0 spiro atoms. The minimum atomic E-state index is -3.51. The van der Waals surface area contributed by atoms with E-state index in [4.69, 9.17) is 26.4 Å². The highest BCUT2D eigenvalue weighted by Gasteiger charge is 2.26. The molecule has 7 aromatic carbocycles. The van der Waals surface area contributed by atoms with Crippen molar-refractivity contribution >= 4 is 11.0 Å². The lowest BCUT2D eigenvalue weighted by atomic mass is 9.85. The van der Waals surface area contributed by atoms with Crippen molar-refractivity contribution in [2.75, 3.05) is 0 Å². The molecule has 1 N–H and O–H groups in total. The number of aromatic nitrogens is 3. The zero-order valence-corrected chi connectivity index (χ0v) is 35.6. The first kappa shape index (κ1) is 29.3. The minimum absolute atomic E-state index is 0.0176. The predicted octanol–water partition coefficient (Wildman–Crippen LogP) is 16.0. The summed E-state index contributed by atoms with van der Waals surface area (Å²) in [6, 6.07) is 49.6. The quantitative estimate of drug-likeness (QED) is 0.158. The van der Waals surface area contributed by atoms with Gasteiger partial charge in [0.25, 0.3) is 0 Å². The molecule has 2 heterocycles. The number of aryl methyl sites for hydroxylation is 1. The van der Waals surface area contributed by atoms with Crippen LogP contribution in [-0.4, -0.2) is 19.6 Å². The first-order valence-electron chi connectivity index (χ1n) is 27.2. The van der Waals surface area contributed by atoms with Crippen molar-refractivity contribution in [1.29, 1.82) is 0 Å². The highest BCUT2D eigenvalue weighted by Crippen LogP contribution is 2.45. The Balaban J connectivity index is 1.36. The highest BCUT2D eigenvalue weighted by molar-refractivity contribution is 5.98. The van der Waals surface area contributed by atoms with E-state index in [1.54, 1.807) is 66.9 Å². The second-order valence-electron chi connectivity index (χ2n) is 16.8. The summed E-state index contributed by atoms with van der Waals surface area (Å²) < 4.78 is 103. The molecule has 0 aliphatic rings. The summed E-state index contributed by atoms with van der Waals surface area (Å²) >= 11 is 0. The number of hydrogen-bond donors (Lipinski definition) is 1. The molecule has 0 saturated carbocycles. The molecule has 63 heavy (non-hydrogen) atoms. The van der Waals surface area contributed by atoms with E-state index in [2.05, 4.69) is 26.0 Å². The van der Waals surface area contributed by atoms with Crippen LogP contribution < -0.4 is 0 Å². The molecule has 0 fully saturated rings. The van der Waals surface area contributed by atoms with E-state index in [1.807, 2.05) is 97.3 Å². The monoisotopic (exact) mass is 834 g/mol. The third-order valence-electron chi connectivity index (χ3n) is 11.8. The number of pyridine rings is 1. The smallest absolute Gasteiger partial charge is 0.149 e. The Morgan fingerprint density at radius 3 is 1.95 bits per heavy atom. The zero-order chi connectivity index (χ0) is 54.0. The van der Waals surface area contributed by atoms with Crippen LogP contribution in [0.3, 0.4) is 0 Å². The van der Waals surface area contributed by atoms with E-state index in [-0.39, 0.29) is 23.1 Å². The number of imidazole rings is 1. The molecule has 2 aromatic heterocycles. The average Bonchev–Trinajstić information content (AvgIpc) is 3.75. The Morgan fingerprint density at radius 1 is 0.556 bits per heavy atom. The second-order valence-corrected chi connectivity index (χ2v) is 16.8. The largest absolute Gasteiger partial charge is 0.507 e. The number of phenols is 1. The molecule has 4 heteroatoms. The number of benzene rings is 7. The molecule has 0 unspecified atom stereocenters. The van der Waals surface area contributed by atoms with Crippen LogP contribution >= 0.6 is 0 Å². The molecule has 9 aromatic rings. The van der Waals surface area contributed by atoms with Crippen molar-refractivity contribution in [3.8, 4) is 78.6 Å². The summed E-state index contributed by atoms with van der Waals surface area (Å²) in [7, 11) is 0. The van der Waals surface area contributed by atoms with Gasteiger partial charge in [0, 0.05) is 39.3 Å². The van der Waals surface area contributed by atoms with E-state index >= 15 is 0 Å². The summed E-state index contributed by atoms with van der Waals surface area (Å²) in [5.74, 6) is 0.296. The summed E-state index contributed by atoms with van der Waals surface area (Å²) in [6.07, 6.45) is 1.73. The van der Waals surface area contributed by atoms with E-state index in [0.717, 1.165) is 44.5 Å². The molecule has 0 saturated heterocycles. The number of fused-ring (bicyclic) bond motifs is 1. The van der Waals surface area contributed by atoms with Gasteiger partial charge in [-0.2, -0.15) is 0 Å². The van der Waals surface area contributed by atoms with Crippen molar-refractivity contribution in [2.24, 2.45) is 0 Å². The van der Waals surface area contributed by atoms with Gasteiger partial charge in [0.2, 0.25) is 0 Å². The average molecular weight is 834 g/mol. The first-order valence-corrected chi connectivity index (χ1v) is 21.2. The maximum atomic E-state index is 12.4. The first-order chi connectivity index (χ1) is 35.3. The highest BCUT2D eigenvalue weighted by atomic mass is 16.3. The fraction of sp³-hybridized carbons (Fsp3) is 0.186. The van der Waals surface area contributed by atoms with Crippen molar-refractivity contribution in [2.45, 2.75) is 72.4 Å². The molecule has 0 atom stereocenters. The van der Waals surface area contributed by atoms with Crippen LogP contribution in [0.15, 0.2) is 170 Å². The van der Waals surface area contributed by atoms with Gasteiger partial charge in [-0.3, -0.25) is 9.55 Å². The lowest BCUT2D eigenvalue weighted by Crippen LogP contribution is -2.12. The van der Waals surface area contributed by atoms with Gasteiger partial charge in [-0.05, 0) is 129 Å². The van der Waals surface area contributed by atoms with Crippen molar-refractivity contribution in [3.63, 3.8) is 0 Å². The maximum Gasteiger partial charge on any atom is 0.149 e. The van der Waals surface area contributed by atoms with E-state index in [9.17, 15) is 5.11 Å². The standard InChI is InChI=1S/C59H55N3O/c1-37(2)44-33-50(38(3)4)57(63)52(34-44)58-61-56-49(20-15-21-55(56)62(58)54-27-26-48(59(6,7)8)36-51(54)42-18-13-10-14-19-42)46-30-45(40-16-11-9-12-17-40)31-47(32-46)53-35-43(28-29-60-53)41-24-22-39(5)23-25-41/h9-38,63H,1-8H3/i5D3,6D3,7D3,8D3. The Morgan fingerprint density at radius 2 is 1.25 bits per heavy atom. The number of rotatable bonds is 9. The molecule has 0 radical (unpaired) electrons. The van der Waals surface area contributed by atoms with Gasteiger partial charge in [-0.1, -0.05) is 163 Å². The fourth-order valence-electron chi connectivity index (χ4n) is 8.35. The van der Waals surface area contributed by atoms with Crippen LogP contribution in [0.25, 0.3) is 83.9 Å². The maximum absolute atomic E-state index is 12.4. The number of nitrogens with zero attached hydrogens (tertiary/aromatic N) is 3. The number of hydrogen-bond acceptors (Lipinski definition) is 3. The number of para-hydroxylation sites is 1. The molecule has 312 valence electrons. The predicted molar refractivity (Wildman–Crippen MR) is 265 cm³/mol.